The molecule has 4 rings (SSSR count). The van der Waals surface area contributed by atoms with Crippen molar-refractivity contribution in [2.24, 2.45) is 4.99 Å². The van der Waals surface area contributed by atoms with Crippen LogP contribution in [0.1, 0.15) is 19.4 Å². The third-order valence-electron chi connectivity index (χ3n) is 4.94. The third kappa shape index (κ3) is 3.54. The highest BCUT2D eigenvalue weighted by Crippen LogP contribution is 2.27. The van der Waals surface area contributed by atoms with Crippen LogP contribution in [-0.4, -0.2) is 19.3 Å². The standard InChI is InChI=1S/C24H22N2O2/c1-3-26(4-2)22-11-10-17-12-19-13-20(16-25-21-8-6-5-7-9-21)24(27)28-23(19)15-18(17)14-22/h5-16H,3-4H2,1-2H3. The minimum atomic E-state index is -0.383. The summed E-state index contributed by atoms with van der Waals surface area (Å²) in [5, 5.41) is 3.06. The number of para-hydroxylation sites is 1. The van der Waals surface area contributed by atoms with E-state index in [4.69, 9.17) is 4.42 Å². The normalized spacial score (nSPS) is 11.5. The molecule has 1 heterocycles. The van der Waals surface area contributed by atoms with Crippen molar-refractivity contribution in [3.05, 3.63) is 82.7 Å². The molecule has 0 aliphatic heterocycles. The van der Waals surface area contributed by atoms with Crippen LogP contribution >= 0.6 is 0 Å². The fourth-order valence-corrected chi connectivity index (χ4v) is 3.40. The molecule has 4 nitrogen and oxygen atoms in total. The van der Waals surface area contributed by atoms with E-state index in [2.05, 4.69) is 48.0 Å². The smallest absolute Gasteiger partial charge is 0.345 e. The monoisotopic (exact) mass is 370 g/mol. The molecule has 0 atom stereocenters. The Labute approximate surface area is 163 Å². The van der Waals surface area contributed by atoms with Gasteiger partial charge in [-0.1, -0.05) is 24.3 Å². The van der Waals surface area contributed by atoms with Gasteiger partial charge in [0.15, 0.2) is 0 Å². The van der Waals surface area contributed by atoms with Crippen molar-refractivity contribution in [1.82, 2.24) is 0 Å². The predicted octanol–water partition coefficient (Wildman–Crippen LogP) is 5.54. The molecule has 0 N–H and O–H groups in total. The van der Waals surface area contributed by atoms with Crippen LogP contribution in [0.5, 0.6) is 0 Å². The van der Waals surface area contributed by atoms with Gasteiger partial charge in [-0.15, -0.1) is 0 Å². The summed E-state index contributed by atoms with van der Waals surface area (Å²) in [7, 11) is 0. The maximum atomic E-state index is 12.4. The average molecular weight is 370 g/mol. The van der Waals surface area contributed by atoms with E-state index >= 15 is 0 Å². The first-order chi connectivity index (χ1) is 13.7. The van der Waals surface area contributed by atoms with E-state index in [9.17, 15) is 4.79 Å². The van der Waals surface area contributed by atoms with Gasteiger partial charge in [-0.05, 0) is 67.1 Å². The van der Waals surface area contributed by atoms with Crippen LogP contribution in [-0.2, 0) is 0 Å². The zero-order valence-corrected chi connectivity index (χ0v) is 16.1. The summed E-state index contributed by atoms with van der Waals surface area (Å²) in [6.45, 7) is 6.20. The minimum absolute atomic E-state index is 0.383. The van der Waals surface area contributed by atoms with Gasteiger partial charge in [0.05, 0.1) is 11.3 Å². The summed E-state index contributed by atoms with van der Waals surface area (Å²) < 4.78 is 5.58. The fraction of sp³-hybridized carbons (Fsp3) is 0.167. The van der Waals surface area contributed by atoms with Crippen molar-refractivity contribution in [1.29, 1.82) is 0 Å². The number of aliphatic imine (C=N–C) groups is 1. The summed E-state index contributed by atoms with van der Waals surface area (Å²) in [6, 6.07) is 21.8. The molecule has 1 aromatic heterocycles. The van der Waals surface area contributed by atoms with E-state index < -0.39 is 0 Å². The molecule has 0 saturated carbocycles. The van der Waals surface area contributed by atoms with Gasteiger partial charge in [0.25, 0.3) is 0 Å². The molecule has 0 aliphatic rings. The Morgan fingerprint density at radius 2 is 1.68 bits per heavy atom. The van der Waals surface area contributed by atoms with E-state index in [-0.39, 0.29) is 5.63 Å². The first kappa shape index (κ1) is 18.0. The van der Waals surface area contributed by atoms with Crippen molar-refractivity contribution in [2.75, 3.05) is 18.0 Å². The molecule has 4 heteroatoms. The zero-order valence-electron chi connectivity index (χ0n) is 16.1. The Balaban J connectivity index is 1.77. The Morgan fingerprint density at radius 1 is 0.893 bits per heavy atom. The second kappa shape index (κ2) is 7.69. The number of rotatable bonds is 5. The molecule has 0 fully saturated rings. The Morgan fingerprint density at radius 3 is 2.43 bits per heavy atom. The van der Waals surface area contributed by atoms with E-state index in [1.165, 1.54) is 5.69 Å². The van der Waals surface area contributed by atoms with E-state index in [1.807, 2.05) is 42.5 Å². The van der Waals surface area contributed by atoms with Gasteiger partial charge in [-0.25, -0.2) is 4.79 Å². The van der Waals surface area contributed by atoms with Gasteiger partial charge in [0.1, 0.15) is 5.58 Å². The molecule has 0 radical (unpaired) electrons. The first-order valence-electron chi connectivity index (χ1n) is 9.53. The van der Waals surface area contributed by atoms with Crippen LogP contribution in [0.2, 0.25) is 0 Å². The molecule has 140 valence electrons. The number of benzene rings is 3. The Bertz CT molecular complexity index is 1210. The number of nitrogens with zero attached hydrogens (tertiary/aromatic N) is 2. The first-order valence-corrected chi connectivity index (χ1v) is 9.53. The Hall–Kier alpha value is -3.40. The molecule has 0 saturated heterocycles. The highest BCUT2D eigenvalue weighted by molar-refractivity contribution is 5.98. The van der Waals surface area contributed by atoms with Crippen LogP contribution in [0.15, 0.2) is 80.9 Å². The largest absolute Gasteiger partial charge is 0.422 e. The van der Waals surface area contributed by atoms with Gasteiger partial charge in [0.2, 0.25) is 0 Å². The van der Waals surface area contributed by atoms with Crippen molar-refractivity contribution >= 4 is 39.3 Å². The molecule has 4 aromatic rings. The lowest BCUT2D eigenvalue weighted by Crippen LogP contribution is -2.21. The van der Waals surface area contributed by atoms with Gasteiger partial charge < -0.3 is 9.32 Å². The van der Waals surface area contributed by atoms with Crippen LogP contribution in [0.25, 0.3) is 21.7 Å². The van der Waals surface area contributed by atoms with Crippen molar-refractivity contribution in [2.45, 2.75) is 13.8 Å². The van der Waals surface area contributed by atoms with Crippen molar-refractivity contribution in [3.8, 4) is 0 Å². The van der Waals surface area contributed by atoms with Gasteiger partial charge >= 0.3 is 5.63 Å². The lowest BCUT2D eigenvalue weighted by Gasteiger charge is -2.21. The van der Waals surface area contributed by atoms with Crippen LogP contribution < -0.4 is 10.5 Å². The lowest BCUT2D eigenvalue weighted by atomic mass is 10.1. The van der Waals surface area contributed by atoms with E-state index in [1.54, 1.807) is 6.21 Å². The third-order valence-corrected chi connectivity index (χ3v) is 4.94. The second-order valence-corrected chi connectivity index (χ2v) is 6.68. The molecule has 0 unspecified atom stereocenters. The molecule has 3 aromatic carbocycles. The summed E-state index contributed by atoms with van der Waals surface area (Å²) in [5.74, 6) is 0. The topological polar surface area (TPSA) is 45.8 Å². The predicted molar refractivity (Wildman–Crippen MR) is 117 cm³/mol. The SMILES string of the molecule is CCN(CC)c1ccc2cc3cc(C=Nc4ccccc4)c(=O)oc3cc2c1. The highest BCUT2D eigenvalue weighted by atomic mass is 16.4. The molecule has 0 bridgehead atoms. The molecular weight excluding hydrogens is 348 g/mol. The van der Waals surface area contributed by atoms with Gasteiger partial charge in [-0.3, -0.25) is 4.99 Å². The van der Waals surface area contributed by atoms with Crippen molar-refractivity contribution in [3.63, 3.8) is 0 Å². The highest BCUT2D eigenvalue weighted by Gasteiger charge is 2.08. The van der Waals surface area contributed by atoms with Crippen LogP contribution in [0, 0.1) is 0 Å². The van der Waals surface area contributed by atoms with Gasteiger partial charge in [0, 0.05) is 30.4 Å². The summed E-state index contributed by atoms with van der Waals surface area (Å²) in [5.41, 5.74) is 2.61. The molecule has 0 aliphatic carbocycles. The molecule has 28 heavy (non-hydrogen) atoms. The lowest BCUT2D eigenvalue weighted by molar-refractivity contribution is 0.560. The molecule has 0 amide bonds. The number of fused-ring (bicyclic) bond motifs is 2. The second-order valence-electron chi connectivity index (χ2n) is 6.68. The van der Waals surface area contributed by atoms with E-state index in [0.29, 0.717) is 11.1 Å². The molecular formula is C24H22N2O2. The Kier molecular flexibility index (Phi) is 4.94. The zero-order chi connectivity index (χ0) is 19.5. The van der Waals surface area contributed by atoms with Crippen molar-refractivity contribution < 1.29 is 4.42 Å². The molecule has 0 spiro atoms. The average Bonchev–Trinajstić information content (AvgIpc) is 2.72. The summed E-state index contributed by atoms with van der Waals surface area (Å²) in [4.78, 5) is 19.1. The minimum Gasteiger partial charge on any atom is -0.422 e. The fourth-order valence-electron chi connectivity index (χ4n) is 3.40. The number of hydrogen-bond donors (Lipinski definition) is 0. The van der Waals surface area contributed by atoms with Crippen LogP contribution in [0.4, 0.5) is 11.4 Å². The summed E-state index contributed by atoms with van der Waals surface area (Å²) in [6.07, 6.45) is 1.56. The maximum absolute atomic E-state index is 12.4. The quantitative estimate of drug-likeness (QED) is 0.263. The summed E-state index contributed by atoms with van der Waals surface area (Å²) >= 11 is 0. The maximum Gasteiger partial charge on any atom is 0.345 e. The number of anilines is 1. The van der Waals surface area contributed by atoms with Gasteiger partial charge in [-0.2, -0.15) is 0 Å². The van der Waals surface area contributed by atoms with E-state index in [0.717, 1.165) is 34.9 Å². The number of hydrogen-bond acceptors (Lipinski definition) is 4. The van der Waals surface area contributed by atoms with Crippen LogP contribution in [0.3, 0.4) is 0 Å².